The summed E-state index contributed by atoms with van der Waals surface area (Å²) in [5, 5.41) is 3.16. The summed E-state index contributed by atoms with van der Waals surface area (Å²) in [5.74, 6) is 0.0779. The summed E-state index contributed by atoms with van der Waals surface area (Å²) < 4.78 is 0. The largest absolute Gasteiger partial charge is 0.366 e. The lowest BCUT2D eigenvalue weighted by molar-refractivity contribution is 0.0995. The Morgan fingerprint density at radius 3 is 2.53 bits per heavy atom. The number of anilines is 1. The smallest absolute Gasteiger partial charge is 0.267 e. The topological polar surface area (TPSA) is 94.0 Å². The van der Waals surface area contributed by atoms with Crippen LogP contribution in [0.2, 0.25) is 0 Å². The van der Waals surface area contributed by atoms with E-state index in [-0.39, 0.29) is 5.69 Å². The van der Waals surface area contributed by atoms with E-state index in [1.807, 2.05) is 24.3 Å². The van der Waals surface area contributed by atoms with Gasteiger partial charge in [0.1, 0.15) is 11.5 Å². The molecule has 0 spiro atoms. The fraction of sp³-hybridized carbons (Fsp3) is 0.143. The SMILES string of the molecule is NCc1ccccc1CNc1cccc(C(N)=O)n1. The fourth-order valence-corrected chi connectivity index (χ4v) is 1.79. The predicted molar refractivity (Wildman–Crippen MR) is 74.4 cm³/mol. The van der Waals surface area contributed by atoms with E-state index in [1.165, 1.54) is 0 Å². The van der Waals surface area contributed by atoms with Crippen molar-refractivity contribution in [3.8, 4) is 0 Å². The number of nitrogens with two attached hydrogens (primary N) is 2. The van der Waals surface area contributed by atoms with Gasteiger partial charge in [-0.1, -0.05) is 30.3 Å². The van der Waals surface area contributed by atoms with E-state index in [0.29, 0.717) is 18.9 Å². The third kappa shape index (κ3) is 3.29. The minimum Gasteiger partial charge on any atom is -0.366 e. The van der Waals surface area contributed by atoms with Crippen molar-refractivity contribution >= 4 is 11.7 Å². The van der Waals surface area contributed by atoms with Crippen LogP contribution in [0.15, 0.2) is 42.5 Å². The molecule has 5 nitrogen and oxygen atoms in total. The van der Waals surface area contributed by atoms with E-state index in [9.17, 15) is 4.79 Å². The van der Waals surface area contributed by atoms with Crippen molar-refractivity contribution in [1.29, 1.82) is 0 Å². The van der Waals surface area contributed by atoms with Gasteiger partial charge in [0.15, 0.2) is 0 Å². The number of hydrogen-bond acceptors (Lipinski definition) is 4. The van der Waals surface area contributed by atoms with Gasteiger partial charge in [-0.25, -0.2) is 4.98 Å². The first kappa shape index (κ1) is 13.0. The van der Waals surface area contributed by atoms with E-state index >= 15 is 0 Å². The van der Waals surface area contributed by atoms with Crippen LogP contribution in [0.1, 0.15) is 21.6 Å². The van der Waals surface area contributed by atoms with Crippen LogP contribution in [0.4, 0.5) is 5.82 Å². The number of amides is 1. The fourth-order valence-electron chi connectivity index (χ4n) is 1.79. The molecule has 0 saturated heterocycles. The average Bonchev–Trinajstić information content (AvgIpc) is 2.45. The molecule has 98 valence electrons. The summed E-state index contributed by atoms with van der Waals surface area (Å²) in [7, 11) is 0. The zero-order chi connectivity index (χ0) is 13.7. The molecule has 1 amide bonds. The number of nitrogens with one attached hydrogen (secondary N) is 1. The van der Waals surface area contributed by atoms with Gasteiger partial charge in [-0.2, -0.15) is 0 Å². The molecule has 1 aromatic carbocycles. The second-order valence-corrected chi connectivity index (χ2v) is 4.10. The molecule has 0 radical (unpaired) electrons. The lowest BCUT2D eigenvalue weighted by Gasteiger charge is -2.10. The van der Waals surface area contributed by atoms with Crippen molar-refractivity contribution < 1.29 is 4.79 Å². The van der Waals surface area contributed by atoms with Crippen molar-refractivity contribution in [2.24, 2.45) is 11.5 Å². The Balaban J connectivity index is 2.10. The highest BCUT2D eigenvalue weighted by molar-refractivity contribution is 5.91. The molecule has 19 heavy (non-hydrogen) atoms. The van der Waals surface area contributed by atoms with E-state index in [1.54, 1.807) is 18.2 Å². The van der Waals surface area contributed by atoms with Gasteiger partial charge in [-0.3, -0.25) is 4.79 Å². The van der Waals surface area contributed by atoms with E-state index < -0.39 is 5.91 Å². The third-order valence-corrected chi connectivity index (χ3v) is 2.80. The number of nitrogens with zero attached hydrogens (tertiary/aromatic N) is 1. The van der Waals surface area contributed by atoms with Crippen LogP contribution in [0, 0.1) is 0 Å². The van der Waals surface area contributed by atoms with Crippen LogP contribution < -0.4 is 16.8 Å². The van der Waals surface area contributed by atoms with E-state index in [4.69, 9.17) is 11.5 Å². The van der Waals surface area contributed by atoms with Crippen molar-refractivity contribution in [2.45, 2.75) is 13.1 Å². The van der Waals surface area contributed by atoms with Gasteiger partial charge in [-0.15, -0.1) is 0 Å². The van der Waals surface area contributed by atoms with Gasteiger partial charge in [-0.05, 0) is 23.3 Å². The highest BCUT2D eigenvalue weighted by atomic mass is 16.1. The number of carbonyl (C=O) groups excluding carboxylic acids is 1. The van der Waals surface area contributed by atoms with E-state index in [0.717, 1.165) is 11.1 Å². The van der Waals surface area contributed by atoms with Crippen LogP contribution in [0.5, 0.6) is 0 Å². The Hall–Kier alpha value is -2.40. The molecule has 5 heteroatoms. The Morgan fingerprint density at radius 1 is 1.11 bits per heavy atom. The molecular weight excluding hydrogens is 240 g/mol. The summed E-state index contributed by atoms with van der Waals surface area (Å²) in [4.78, 5) is 15.2. The summed E-state index contributed by atoms with van der Waals surface area (Å²) >= 11 is 0. The number of primary amides is 1. The molecule has 0 saturated carbocycles. The maximum atomic E-state index is 11.0. The Bertz CT molecular complexity index is 583. The maximum absolute atomic E-state index is 11.0. The number of pyridine rings is 1. The van der Waals surface area contributed by atoms with Crippen molar-refractivity contribution in [3.05, 3.63) is 59.3 Å². The number of aromatic nitrogens is 1. The van der Waals surface area contributed by atoms with E-state index in [2.05, 4.69) is 10.3 Å². The molecule has 0 atom stereocenters. The van der Waals surface area contributed by atoms with Crippen LogP contribution in [0.25, 0.3) is 0 Å². The van der Waals surface area contributed by atoms with Crippen LogP contribution in [0.3, 0.4) is 0 Å². The van der Waals surface area contributed by atoms with Crippen molar-refractivity contribution in [2.75, 3.05) is 5.32 Å². The molecule has 0 unspecified atom stereocenters. The maximum Gasteiger partial charge on any atom is 0.267 e. The molecule has 0 aliphatic carbocycles. The zero-order valence-corrected chi connectivity index (χ0v) is 10.5. The van der Waals surface area contributed by atoms with Crippen LogP contribution >= 0.6 is 0 Å². The molecule has 2 rings (SSSR count). The standard InChI is InChI=1S/C14H16N4O/c15-8-10-4-1-2-5-11(10)9-17-13-7-3-6-12(18-13)14(16)19/h1-7H,8-9,15H2,(H2,16,19)(H,17,18). The molecular formula is C14H16N4O. The summed E-state index contributed by atoms with van der Waals surface area (Å²) in [6.45, 7) is 1.09. The Morgan fingerprint density at radius 2 is 1.84 bits per heavy atom. The quantitative estimate of drug-likeness (QED) is 0.750. The minimum atomic E-state index is -0.536. The van der Waals surface area contributed by atoms with Gasteiger partial charge in [0.25, 0.3) is 5.91 Å². The molecule has 1 heterocycles. The lowest BCUT2D eigenvalue weighted by Crippen LogP contribution is -2.14. The molecule has 0 aliphatic heterocycles. The minimum absolute atomic E-state index is 0.247. The summed E-state index contributed by atoms with van der Waals surface area (Å²) in [5.41, 5.74) is 13.3. The van der Waals surface area contributed by atoms with Crippen molar-refractivity contribution in [3.63, 3.8) is 0 Å². The number of benzene rings is 1. The molecule has 0 aliphatic rings. The first-order chi connectivity index (χ1) is 9.20. The molecule has 0 fully saturated rings. The summed E-state index contributed by atoms with van der Waals surface area (Å²) in [6.07, 6.45) is 0. The Kier molecular flexibility index (Phi) is 4.10. The second kappa shape index (κ2) is 5.97. The molecule has 0 bridgehead atoms. The first-order valence-corrected chi connectivity index (χ1v) is 5.98. The van der Waals surface area contributed by atoms with Crippen LogP contribution in [-0.2, 0) is 13.1 Å². The average molecular weight is 256 g/mol. The number of hydrogen-bond donors (Lipinski definition) is 3. The normalized spacial score (nSPS) is 10.2. The van der Waals surface area contributed by atoms with Crippen molar-refractivity contribution in [1.82, 2.24) is 4.98 Å². The summed E-state index contributed by atoms with van der Waals surface area (Å²) in [6, 6.07) is 13.0. The third-order valence-electron chi connectivity index (χ3n) is 2.80. The van der Waals surface area contributed by atoms with Gasteiger partial charge in [0.2, 0.25) is 0 Å². The second-order valence-electron chi connectivity index (χ2n) is 4.10. The first-order valence-electron chi connectivity index (χ1n) is 5.98. The van der Waals surface area contributed by atoms with Gasteiger partial charge in [0.05, 0.1) is 0 Å². The Labute approximate surface area is 111 Å². The monoisotopic (exact) mass is 256 g/mol. The highest BCUT2D eigenvalue weighted by Gasteiger charge is 2.04. The highest BCUT2D eigenvalue weighted by Crippen LogP contribution is 2.11. The number of rotatable bonds is 5. The molecule has 1 aromatic heterocycles. The zero-order valence-electron chi connectivity index (χ0n) is 10.5. The number of carbonyl (C=O) groups is 1. The predicted octanol–water partition coefficient (Wildman–Crippen LogP) is 1.25. The van der Waals surface area contributed by atoms with Gasteiger partial charge in [0, 0.05) is 13.1 Å². The molecule has 2 aromatic rings. The molecule has 5 N–H and O–H groups in total. The lowest BCUT2D eigenvalue weighted by atomic mass is 10.1. The van der Waals surface area contributed by atoms with Gasteiger partial charge >= 0.3 is 0 Å². The van der Waals surface area contributed by atoms with Crippen LogP contribution in [-0.4, -0.2) is 10.9 Å². The van der Waals surface area contributed by atoms with Gasteiger partial charge < -0.3 is 16.8 Å².